The first kappa shape index (κ1) is 16.8. The van der Waals surface area contributed by atoms with Crippen molar-refractivity contribution in [1.29, 1.82) is 0 Å². The molecule has 0 saturated carbocycles. The van der Waals surface area contributed by atoms with Crippen LogP contribution >= 0.6 is 11.8 Å². The second-order valence-electron chi connectivity index (χ2n) is 5.51. The first-order chi connectivity index (χ1) is 11.5. The van der Waals surface area contributed by atoms with Gasteiger partial charge in [0.1, 0.15) is 29.1 Å². The Morgan fingerprint density at radius 3 is 2.38 bits per heavy atom. The van der Waals surface area contributed by atoms with E-state index in [1.807, 2.05) is 0 Å². The highest BCUT2D eigenvalue weighted by atomic mass is 32.2. The normalized spacial score (nSPS) is 22.7. The van der Waals surface area contributed by atoms with Gasteiger partial charge in [-0.25, -0.2) is 0 Å². The van der Waals surface area contributed by atoms with Crippen LogP contribution < -0.4 is 4.74 Å². The summed E-state index contributed by atoms with van der Waals surface area (Å²) in [6, 6.07) is 8.87. The molecule has 0 amide bonds. The van der Waals surface area contributed by atoms with Gasteiger partial charge in [-0.1, -0.05) is 12.1 Å². The van der Waals surface area contributed by atoms with E-state index in [0.29, 0.717) is 16.9 Å². The molecule has 2 aromatic rings. The highest BCUT2D eigenvalue weighted by Gasteiger charge is 2.40. The lowest BCUT2D eigenvalue weighted by atomic mass is 9.93. The lowest BCUT2D eigenvalue weighted by molar-refractivity contribution is 0.0175. The van der Waals surface area contributed by atoms with E-state index in [1.54, 1.807) is 12.1 Å². The maximum atomic E-state index is 10.8. The number of rotatable bonds is 4. The van der Waals surface area contributed by atoms with Crippen molar-refractivity contribution in [2.45, 2.75) is 17.5 Å². The molecule has 7 heteroatoms. The first-order valence-electron chi connectivity index (χ1n) is 7.43. The third-order valence-corrected chi connectivity index (χ3v) is 5.17. The fourth-order valence-corrected chi connectivity index (χ4v) is 3.91. The zero-order valence-corrected chi connectivity index (χ0v) is 13.5. The van der Waals surface area contributed by atoms with Crippen molar-refractivity contribution in [2.24, 2.45) is 0 Å². The Labute approximate surface area is 143 Å². The topological polar surface area (TPSA) is 110 Å². The van der Waals surface area contributed by atoms with E-state index in [1.165, 1.54) is 36.0 Å². The molecule has 3 rings (SSSR count). The third kappa shape index (κ3) is 3.10. The molecule has 5 N–H and O–H groups in total. The van der Waals surface area contributed by atoms with Gasteiger partial charge in [-0.05, 0) is 17.7 Å². The summed E-state index contributed by atoms with van der Waals surface area (Å²) in [6.07, 6.45) is -1.70. The Morgan fingerprint density at radius 1 is 1.00 bits per heavy atom. The predicted molar refractivity (Wildman–Crippen MR) is 89.5 cm³/mol. The molecule has 3 unspecified atom stereocenters. The number of thioether (sulfide) groups is 1. The van der Waals surface area contributed by atoms with Crippen LogP contribution in [0.3, 0.4) is 0 Å². The summed E-state index contributed by atoms with van der Waals surface area (Å²) in [5.41, 5.74) is 1.05. The second-order valence-corrected chi connectivity index (χ2v) is 6.76. The van der Waals surface area contributed by atoms with Crippen LogP contribution in [0.2, 0.25) is 0 Å². The fraction of sp³-hybridized carbons (Fsp3) is 0.294. The number of hydrogen-bond donors (Lipinski definition) is 5. The van der Waals surface area contributed by atoms with E-state index in [-0.39, 0.29) is 29.6 Å². The van der Waals surface area contributed by atoms with Crippen LogP contribution in [0.4, 0.5) is 0 Å². The average Bonchev–Trinajstić information content (AvgIpc) is 2.54. The minimum atomic E-state index is -0.978. The molecule has 3 atom stereocenters. The van der Waals surface area contributed by atoms with Crippen molar-refractivity contribution in [1.82, 2.24) is 0 Å². The van der Waals surface area contributed by atoms with Gasteiger partial charge in [-0.2, -0.15) is 0 Å². The molecular weight excluding hydrogens is 332 g/mol. The van der Waals surface area contributed by atoms with E-state index < -0.39 is 17.5 Å². The molecule has 0 aromatic heterocycles. The highest BCUT2D eigenvalue weighted by molar-refractivity contribution is 7.99. The van der Waals surface area contributed by atoms with Crippen molar-refractivity contribution in [3.05, 3.63) is 47.5 Å². The largest absolute Gasteiger partial charge is 0.508 e. The van der Waals surface area contributed by atoms with Gasteiger partial charge in [0.05, 0.1) is 17.4 Å². The maximum Gasteiger partial charge on any atom is 0.151 e. The number of aliphatic hydroxyl groups excluding tert-OH is 2. The van der Waals surface area contributed by atoms with Gasteiger partial charge in [0, 0.05) is 17.9 Å². The van der Waals surface area contributed by atoms with Crippen molar-refractivity contribution < 1.29 is 30.3 Å². The molecule has 0 radical (unpaired) electrons. The molecule has 6 nitrogen and oxygen atoms in total. The zero-order chi connectivity index (χ0) is 17.3. The number of ether oxygens (including phenoxy) is 1. The van der Waals surface area contributed by atoms with Crippen molar-refractivity contribution >= 4 is 11.8 Å². The van der Waals surface area contributed by atoms with E-state index in [0.717, 1.165) is 0 Å². The predicted octanol–water partition coefficient (Wildman–Crippen LogP) is 2.06. The molecule has 1 heterocycles. The summed E-state index contributed by atoms with van der Waals surface area (Å²) in [4.78, 5) is 0. The van der Waals surface area contributed by atoms with E-state index in [2.05, 4.69) is 0 Å². The van der Waals surface area contributed by atoms with Crippen LogP contribution in [0, 0.1) is 0 Å². The smallest absolute Gasteiger partial charge is 0.151 e. The molecule has 1 aliphatic rings. The van der Waals surface area contributed by atoms with Crippen LogP contribution in [-0.4, -0.2) is 44.0 Å². The van der Waals surface area contributed by atoms with Crippen molar-refractivity contribution in [3.63, 3.8) is 0 Å². The number of benzene rings is 2. The molecule has 0 fully saturated rings. The Bertz CT molecular complexity index is 718. The van der Waals surface area contributed by atoms with Crippen LogP contribution in [0.25, 0.3) is 0 Å². The summed E-state index contributed by atoms with van der Waals surface area (Å²) in [5, 5.41) is 48.6. The van der Waals surface area contributed by atoms with E-state index >= 15 is 0 Å². The number of hydrogen-bond acceptors (Lipinski definition) is 7. The Balaban J connectivity index is 2.03. The molecule has 1 aliphatic heterocycles. The Morgan fingerprint density at radius 2 is 1.71 bits per heavy atom. The number of phenols is 3. The molecule has 0 bridgehead atoms. The average molecular weight is 350 g/mol. The van der Waals surface area contributed by atoms with Crippen molar-refractivity contribution in [2.75, 3.05) is 12.4 Å². The minimum absolute atomic E-state index is 0.0627. The SMILES string of the molecule is OCCSC1c2c(O)cc(O)cc2OC(c2ccc(O)cc2)C1O. The van der Waals surface area contributed by atoms with Gasteiger partial charge < -0.3 is 30.3 Å². The lowest BCUT2D eigenvalue weighted by Gasteiger charge is -2.37. The van der Waals surface area contributed by atoms with Crippen LogP contribution in [-0.2, 0) is 0 Å². The van der Waals surface area contributed by atoms with Gasteiger partial charge in [0.15, 0.2) is 6.10 Å². The summed E-state index contributed by atoms with van der Waals surface area (Å²) in [7, 11) is 0. The van der Waals surface area contributed by atoms with Gasteiger partial charge in [0.2, 0.25) is 0 Å². The quantitative estimate of drug-likeness (QED) is 0.574. The monoisotopic (exact) mass is 350 g/mol. The molecule has 0 saturated heterocycles. The summed E-state index contributed by atoms with van der Waals surface area (Å²) < 4.78 is 5.81. The zero-order valence-electron chi connectivity index (χ0n) is 12.7. The summed E-state index contributed by atoms with van der Waals surface area (Å²) in [5.74, 6) is 0.461. The van der Waals surface area contributed by atoms with Gasteiger partial charge in [0.25, 0.3) is 0 Å². The standard InChI is InChI=1S/C17H18O6S/c18-5-6-24-17-14-12(21)7-11(20)8-13(14)23-16(15(17)22)9-1-3-10(19)4-2-9/h1-4,7-8,15-22H,5-6H2. The Kier molecular flexibility index (Phi) is 4.75. The van der Waals surface area contributed by atoms with Crippen LogP contribution in [0.1, 0.15) is 22.5 Å². The highest BCUT2D eigenvalue weighted by Crippen LogP contribution is 2.52. The summed E-state index contributed by atoms with van der Waals surface area (Å²) >= 11 is 1.30. The number of aliphatic hydroxyl groups is 2. The second kappa shape index (κ2) is 6.80. The molecule has 24 heavy (non-hydrogen) atoms. The maximum absolute atomic E-state index is 10.8. The van der Waals surface area contributed by atoms with E-state index in [4.69, 9.17) is 9.84 Å². The first-order valence-corrected chi connectivity index (χ1v) is 8.48. The molecule has 0 spiro atoms. The van der Waals surface area contributed by atoms with Crippen LogP contribution in [0.5, 0.6) is 23.0 Å². The number of fused-ring (bicyclic) bond motifs is 1. The molecule has 2 aromatic carbocycles. The van der Waals surface area contributed by atoms with E-state index in [9.17, 15) is 20.4 Å². The van der Waals surface area contributed by atoms with Crippen molar-refractivity contribution in [3.8, 4) is 23.0 Å². The van der Waals surface area contributed by atoms with Crippen LogP contribution in [0.15, 0.2) is 36.4 Å². The van der Waals surface area contributed by atoms with Gasteiger partial charge in [-0.15, -0.1) is 11.8 Å². The molecular formula is C17H18O6S. The number of aromatic hydroxyl groups is 3. The number of phenolic OH excluding ortho intramolecular Hbond substituents is 3. The fourth-order valence-electron chi connectivity index (χ4n) is 2.81. The van der Waals surface area contributed by atoms with Gasteiger partial charge in [-0.3, -0.25) is 0 Å². The Hall–Kier alpha value is -2.09. The summed E-state index contributed by atoms with van der Waals surface area (Å²) in [6.45, 7) is -0.0627. The lowest BCUT2D eigenvalue weighted by Crippen LogP contribution is -2.33. The van der Waals surface area contributed by atoms with Gasteiger partial charge >= 0.3 is 0 Å². The molecule has 128 valence electrons. The third-order valence-electron chi connectivity index (χ3n) is 3.87. The minimum Gasteiger partial charge on any atom is -0.508 e. The molecule has 0 aliphatic carbocycles.